The molecule has 0 saturated heterocycles. The van der Waals surface area contributed by atoms with Gasteiger partial charge in [-0.15, -0.1) is 0 Å². The van der Waals surface area contributed by atoms with Crippen molar-refractivity contribution in [3.63, 3.8) is 0 Å². The first kappa shape index (κ1) is 15.8. The Hall–Kier alpha value is -2.22. The lowest BCUT2D eigenvalue weighted by Gasteiger charge is -2.11. The number of nitro groups is 1. The van der Waals surface area contributed by atoms with Crippen LogP contribution in [-0.4, -0.2) is 43.0 Å². The third kappa shape index (κ3) is 5.19. The summed E-state index contributed by atoms with van der Waals surface area (Å²) in [5.74, 6) is -0.723. The van der Waals surface area contributed by atoms with E-state index >= 15 is 0 Å². The molecule has 0 heterocycles. The molecule has 20 heavy (non-hydrogen) atoms. The molecule has 0 atom stereocenters. The molecule has 7 nitrogen and oxygen atoms in total. The number of benzene rings is 1. The minimum absolute atomic E-state index is 0.218. The van der Waals surface area contributed by atoms with Crippen LogP contribution in [0.2, 0.25) is 0 Å². The molecule has 0 aromatic heterocycles. The Morgan fingerprint density at radius 3 is 2.75 bits per heavy atom. The fourth-order valence-electron chi connectivity index (χ4n) is 1.49. The number of hydrogen-bond acceptors (Lipinski definition) is 4. The van der Waals surface area contributed by atoms with Crippen LogP contribution in [-0.2, 0) is 0 Å². The Bertz CT molecular complexity index is 494. The molecule has 110 valence electrons. The number of rotatable bonds is 6. The lowest BCUT2D eigenvalue weighted by Crippen LogP contribution is -2.31. The standard InChI is InChI=1S/C12H17FN4O3/c1-16(2)7-3-6-14-12(18)15-11-8-9(17(19)20)4-5-10(11)13/h4-5,8H,3,6-7H2,1-2H3,(H2,14,15,18). The van der Waals surface area contributed by atoms with Crippen molar-refractivity contribution >= 4 is 17.4 Å². The zero-order valence-electron chi connectivity index (χ0n) is 11.4. The highest BCUT2D eigenvalue weighted by molar-refractivity contribution is 5.89. The Kier molecular flexibility index (Phi) is 5.85. The van der Waals surface area contributed by atoms with Crippen molar-refractivity contribution in [2.24, 2.45) is 0 Å². The van der Waals surface area contributed by atoms with E-state index in [2.05, 4.69) is 10.6 Å². The SMILES string of the molecule is CN(C)CCCNC(=O)Nc1cc([N+](=O)[O-])ccc1F. The van der Waals surface area contributed by atoms with Gasteiger partial charge in [0, 0.05) is 18.7 Å². The summed E-state index contributed by atoms with van der Waals surface area (Å²) >= 11 is 0. The second-order valence-electron chi connectivity index (χ2n) is 4.46. The summed E-state index contributed by atoms with van der Waals surface area (Å²) in [5, 5.41) is 15.4. The van der Waals surface area contributed by atoms with Gasteiger partial charge in [0.1, 0.15) is 5.82 Å². The van der Waals surface area contributed by atoms with Crippen molar-refractivity contribution in [1.82, 2.24) is 10.2 Å². The quantitative estimate of drug-likeness (QED) is 0.474. The van der Waals surface area contributed by atoms with Crippen LogP contribution >= 0.6 is 0 Å². The number of nitro benzene ring substituents is 1. The zero-order chi connectivity index (χ0) is 15.1. The van der Waals surface area contributed by atoms with Gasteiger partial charge in [0.25, 0.3) is 5.69 Å². The molecule has 1 aromatic carbocycles. The molecular weight excluding hydrogens is 267 g/mol. The number of urea groups is 1. The molecule has 0 aliphatic heterocycles. The lowest BCUT2D eigenvalue weighted by atomic mass is 10.2. The molecule has 0 unspecified atom stereocenters. The lowest BCUT2D eigenvalue weighted by molar-refractivity contribution is -0.384. The summed E-state index contributed by atoms with van der Waals surface area (Å²) < 4.78 is 13.4. The Morgan fingerprint density at radius 2 is 2.15 bits per heavy atom. The van der Waals surface area contributed by atoms with E-state index in [9.17, 15) is 19.3 Å². The summed E-state index contributed by atoms with van der Waals surface area (Å²) in [6.07, 6.45) is 0.748. The summed E-state index contributed by atoms with van der Waals surface area (Å²) in [7, 11) is 3.83. The van der Waals surface area contributed by atoms with E-state index in [0.717, 1.165) is 31.2 Å². The largest absolute Gasteiger partial charge is 0.338 e. The van der Waals surface area contributed by atoms with E-state index < -0.39 is 16.8 Å². The molecular formula is C12H17FN4O3. The van der Waals surface area contributed by atoms with Crippen LogP contribution in [0.5, 0.6) is 0 Å². The van der Waals surface area contributed by atoms with Crippen LogP contribution in [0.4, 0.5) is 20.6 Å². The second-order valence-corrected chi connectivity index (χ2v) is 4.46. The van der Waals surface area contributed by atoms with Crippen LogP contribution in [0.3, 0.4) is 0 Å². The highest BCUT2D eigenvalue weighted by Crippen LogP contribution is 2.20. The molecule has 0 saturated carbocycles. The normalized spacial score (nSPS) is 10.4. The molecule has 1 rings (SSSR count). The smallest absolute Gasteiger partial charge is 0.319 e. The average Bonchev–Trinajstić information content (AvgIpc) is 2.37. The predicted molar refractivity (Wildman–Crippen MR) is 73.2 cm³/mol. The zero-order valence-corrected chi connectivity index (χ0v) is 11.4. The molecule has 0 radical (unpaired) electrons. The number of halogens is 1. The van der Waals surface area contributed by atoms with Gasteiger partial charge >= 0.3 is 6.03 Å². The van der Waals surface area contributed by atoms with Gasteiger partial charge in [0.15, 0.2) is 0 Å². The van der Waals surface area contributed by atoms with Crippen molar-refractivity contribution in [3.05, 3.63) is 34.1 Å². The van der Waals surface area contributed by atoms with Crippen LogP contribution in [0.15, 0.2) is 18.2 Å². The molecule has 2 N–H and O–H groups in total. The summed E-state index contributed by atoms with van der Waals surface area (Å²) in [6, 6.07) is 2.37. The van der Waals surface area contributed by atoms with Gasteiger partial charge in [-0.2, -0.15) is 0 Å². The number of carbonyl (C=O) groups excluding carboxylic acids is 1. The molecule has 0 aliphatic rings. The van der Waals surface area contributed by atoms with Crippen molar-refractivity contribution in [3.8, 4) is 0 Å². The van der Waals surface area contributed by atoms with Crippen molar-refractivity contribution in [2.75, 3.05) is 32.5 Å². The molecule has 0 bridgehead atoms. The number of hydrogen-bond donors (Lipinski definition) is 2. The van der Waals surface area contributed by atoms with Gasteiger partial charge in [0.2, 0.25) is 0 Å². The number of nitrogens with zero attached hydrogens (tertiary/aromatic N) is 2. The van der Waals surface area contributed by atoms with E-state index in [1.54, 1.807) is 0 Å². The first-order valence-electron chi connectivity index (χ1n) is 6.03. The third-order valence-electron chi connectivity index (χ3n) is 2.48. The van der Waals surface area contributed by atoms with Crippen molar-refractivity contribution < 1.29 is 14.1 Å². The highest BCUT2D eigenvalue weighted by atomic mass is 19.1. The fourth-order valence-corrected chi connectivity index (χ4v) is 1.49. The topological polar surface area (TPSA) is 87.5 Å². The van der Waals surface area contributed by atoms with Gasteiger partial charge in [-0.25, -0.2) is 9.18 Å². The number of amides is 2. The van der Waals surface area contributed by atoms with Crippen LogP contribution in [0, 0.1) is 15.9 Å². The monoisotopic (exact) mass is 284 g/mol. The van der Waals surface area contributed by atoms with Crippen LogP contribution in [0.1, 0.15) is 6.42 Å². The molecule has 0 aliphatic carbocycles. The third-order valence-corrected chi connectivity index (χ3v) is 2.48. The van der Waals surface area contributed by atoms with Gasteiger partial charge in [-0.3, -0.25) is 10.1 Å². The fraction of sp³-hybridized carbons (Fsp3) is 0.417. The maximum absolute atomic E-state index is 13.4. The average molecular weight is 284 g/mol. The molecule has 8 heteroatoms. The molecule has 0 spiro atoms. The molecule has 2 amide bonds. The van der Waals surface area contributed by atoms with Crippen molar-refractivity contribution in [2.45, 2.75) is 6.42 Å². The summed E-state index contributed by atoms with van der Waals surface area (Å²) in [4.78, 5) is 23.4. The van der Waals surface area contributed by atoms with E-state index in [1.165, 1.54) is 0 Å². The van der Waals surface area contributed by atoms with Crippen molar-refractivity contribution in [1.29, 1.82) is 0 Å². The van der Waals surface area contributed by atoms with E-state index in [1.807, 2.05) is 19.0 Å². The van der Waals surface area contributed by atoms with Crippen LogP contribution in [0.25, 0.3) is 0 Å². The first-order valence-corrected chi connectivity index (χ1v) is 6.03. The first-order chi connectivity index (χ1) is 9.40. The maximum Gasteiger partial charge on any atom is 0.319 e. The number of non-ortho nitro benzene ring substituents is 1. The molecule has 0 fully saturated rings. The van der Waals surface area contributed by atoms with E-state index in [-0.39, 0.29) is 11.4 Å². The predicted octanol–water partition coefficient (Wildman–Crippen LogP) is 1.81. The second kappa shape index (κ2) is 7.39. The Labute approximate surface area is 115 Å². The van der Waals surface area contributed by atoms with Crippen LogP contribution < -0.4 is 10.6 Å². The Balaban J connectivity index is 2.53. The summed E-state index contributed by atoms with van der Waals surface area (Å²) in [6.45, 7) is 1.24. The van der Waals surface area contributed by atoms with E-state index in [0.29, 0.717) is 6.54 Å². The van der Waals surface area contributed by atoms with Gasteiger partial charge in [-0.05, 0) is 33.1 Å². The summed E-state index contributed by atoms with van der Waals surface area (Å²) in [5.41, 5.74) is -0.501. The highest BCUT2D eigenvalue weighted by Gasteiger charge is 2.12. The van der Waals surface area contributed by atoms with Gasteiger partial charge in [0.05, 0.1) is 10.6 Å². The minimum Gasteiger partial charge on any atom is -0.338 e. The maximum atomic E-state index is 13.4. The van der Waals surface area contributed by atoms with Gasteiger partial charge < -0.3 is 15.5 Å². The molecule has 1 aromatic rings. The Morgan fingerprint density at radius 1 is 1.45 bits per heavy atom. The number of nitrogens with one attached hydrogen (secondary N) is 2. The minimum atomic E-state index is -0.723. The van der Waals surface area contributed by atoms with Gasteiger partial charge in [-0.1, -0.05) is 0 Å². The number of carbonyl (C=O) groups is 1. The van der Waals surface area contributed by atoms with E-state index in [4.69, 9.17) is 0 Å². The number of anilines is 1.